The van der Waals surface area contributed by atoms with Crippen LogP contribution in [-0.2, 0) is 11.2 Å². The van der Waals surface area contributed by atoms with Gasteiger partial charge >= 0.3 is 6.09 Å². The molecule has 3 aliphatic carbocycles. The Morgan fingerprint density at radius 3 is 2.60 bits per heavy atom. The zero-order valence-electron chi connectivity index (χ0n) is 18.5. The lowest BCUT2D eigenvalue weighted by atomic mass is 9.48. The van der Waals surface area contributed by atoms with Crippen molar-refractivity contribution in [2.75, 3.05) is 31.1 Å². The Morgan fingerprint density at radius 1 is 1.27 bits per heavy atom. The van der Waals surface area contributed by atoms with Gasteiger partial charge in [0, 0.05) is 37.5 Å². The van der Waals surface area contributed by atoms with Crippen LogP contribution in [0.4, 0.5) is 15.0 Å². The maximum absolute atomic E-state index is 15.2. The van der Waals surface area contributed by atoms with Crippen molar-refractivity contribution in [2.45, 2.75) is 65.4 Å². The van der Waals surface area contributed by atoms with Gasteiger partial charge in [0.25, 0.3) is 0 Å². The highest BCUT2D eigenvalue weighted by atomic mass is 35.5. The van der Waals surface area contributed by atoms with E-state index in [1.165, 1.54) is 0 Å². The van der Waals surface area contributed by atoms with Crippen molar-refractivity contribution in [3.63, 3.8) is 0 Å². The normalized spacial score (nSPS) is 28.1. The summed E-state index contributed by atoms with van der Waals surface area (Å²) in [4.78, 5) is 20.9. The molecule has 0 unspecified atom stereocenters. The van der Waals surface area contributed by atoms with E-state index in [0.29, 0.717) is 37.3 Å². The number of rotatable bonds is 1. The number of nitrogens with zero attached hydrogens (tertiary/aromatic N) is 3. The summed E-state index contributed by atoms with van der Waals surface area (Å²) in [7, 11) is 0. The number of amides is 1. The van der Waals surface area contributed by atoms with Crippen molar-refractivity contribution in [1.82, 2.24) is 9.88 Å². The Hall–Kier alpha value is -1.56. The first-order valence-corrected chi connectivity index (χ1v) is 11.4. The first kappa shape index (κ1) is 20.3. The van der Waals surface area contributed by atoms with Gasteiger partial charge in [0.1, 0.15) is 5.60 Å². The van der Waals surface area contributed by atoms with E-state index >= 15 is 4.39 Å². The van der Waals surface area contributed by atoms with Crippen LogP contribution in [0, 0.1) is 22.6 Å². The number of hydrogen-bond donors (Lipinski definition) is 0. The van der Waals surface area contributed by atoms with E-state index in [1.807, 2.05) is 25.7 Å². The van der Waals surface area contributed by atoms with E-state index in [1.54, 1.807) is 4.90 Å². The Balaban J connectivity index is 1.33. The fraction of sp³-hybridized carbons (Fsp3) is 0.739. The van der Waals surface area contributed by atoms with Crippen molar-refractivity contribution in [3.8, 4) is 0 Å². The van der Waals surface area contributed by atoms with Gasteiger partial charge in [0.2, 0.25) is 0 Å². The van der Waals surface area contributed by atoms with E-state index in [9.17, 15) is 4.79 Å². The monoisotopic (exact) mass is 435 g/mol. The molecule has 2 atom stereocenters. The standard InChI is InChI=1S/C23H31ClFN3O2/c1-21(2,3)30-20(29)28-11-23(12-28)6-7-27(10-23)19-17(25)16(24)14-8-13-9-15(18(14)26-19)22(13,4)5/h13,15H,6-12H2,1-5H3/t13-,15-/m0/s1. The molecule has 6 rings (SSSR count). The van der Waals surface area contributed by atoms with Gasteiger partial charge in [-0.3, -0.25) is 0 Å². The molecule has 0 aromatic carbocycles. The van der Waals surface area contributed by atoms with Crippen LogP contribution in [0.5, 0.6) is 0 Å². The summed E-state index contributed by atoms with van der Waals surface area (Å²) in [6.07, 6.45) is 2.60. The Morgan fingerprint density at radius 2 is 1.97 bits per heavy atom. The minimum absolute atomic E-state index is 0.00571. The molecule has 3 fully saturated rings. The molecule has 1 spiro atoms. The first-order valence-electron chi connectivity index (χ1n) is 11.0. The smallest absolute Gasteiger partial charge is 0.410 e. The first-order chi connectivity index (χ1) is 13.9. The third-order valence-corrected chi connectivity index (χ3v) is 8.28. The van der Waals surface area contributed by atoms with Gasteiger partial charge in [-0.1, -0.05) is 25.4 Å². The molecule has 5 nitrogen and oxygen atoms in total. The lowest BCUT2D eigenvalue weighted by Gasteiger charge is -2.56. The van der Waals surface area contributed by atoms with E-state index in [-0.39, 0.29) is 27.8 Å². The van der Waals surface area contributed by atoms with E-state index in [4.69, 9.17) is 21.3 Å². The Kier molecular flexibility index (Phi) is 4.23. The van der Waals surface area contributed by atoms with E-state index < -0.39 is 5.60 Å². The molecule has 0 radical (unpaired) electrons. The number of carbonyl (C=O) groups excluding carboxylic acids is 1. The Labute approximate surface area is 182 Å². The van der Waals surface area contributed by atoms with Crippen LogP contribution in [0.25, 0.3) is 0 Å². The molecule has 30 heavy (non-hydrogen) atoms. The summed E-state index contributed by atoms with van der Waals surface area (Å²) in [6, 6.07) is 0. The van der Waals surface area contributed by atoms with Crippen LogP contribution in [0.15, 0.2) is 0 Å². The molecule has 7 heteroatoms. The number of anilines is 1. The molecule has 164 valence electrons. The maximum Gasteiger partial charge on any atom is 0.410 e. The number of hydrogen-bond acceptors (Lipinski definition) is 4. The molecule has 2 aliphatic heterocycles. The largest absolute Gasteiger partial charge is 0.444 e. The van der Waals surface area contributed by atoms with Crippen LogP contribution in [-0.4, -0.2) is 47.8 Å². The number of carbonyl (C=O) groups is 1. The topological polar surface area (TPSA) is 45.7 Å². The van der Waals surface area contributed by atoms with E-state index in [2.05, 4.69) is 13.8 Å². The molecule has 3 heterocycles. The van der Waals surface area contributed by atoms with Crippen molar-refractivity contribution in [3.05, 3.63) is 22.1 Å². The predicted octanol–water partition coefficient (Wildman–Crippen LogP) is 5.01. The third-order valence-electron chi connectivity index (χ3n) is 7.88. The maximum atomic E-state index is 15.2. The van der Waals surface area contributed by atoms with Gasteiger partial charge in [-0.25, -0.2) is 14.2 Å². The number of ether oxygens (including phenoxy) is 1. The second kappa shape index (κ2) is 6.24. The van der Waals surface area contributed by atoms with Crippen LogP contribution in [0.1, 0.15) is 64.6 Å². The van der Waals surface area contributed by atoms with Gasteiger partial charge in [0.05, 0.1) is 10.7 Å². The third kappa shape index (κ3) is 2.93. The molecule has 1 aromatic heterocycles. The second-order valence-electron chi connectivity index (χ2n) is 11.4. The summed E-state index contributed by atoms with van der Waals surface area (Å²) >= 11 is 6.51. The molecule has 0 N–H and O–H groups in total. The zero-order chi connectivity index (χ0) is 21.6. The molecule has 1 amide bonds. The summed E-state index contributed by atoms with van der Waals surface area (Å²) < 4.78 is 20.7. The summed E-state index contributed by atoms with van der Waals surface area (Å²) in [6.45, 7) is 12.9. The predicted molar refractivity (Wildman–Crippen MR) is 115 cm³/mol. The van der Waals surface area contributed by atoms with E-state index in [0.717, 1.165) is 37.1 Å². The van der Waals surface area contributed by atoms with Gasteiger partial charge in [-0.15, -0.1) is 0 Å². The van der Waals surface area contributed by atoms with Gasteiger partial charge in [-0.2, -0.15) is 0 Å². The molecule has 2 bridgehead atoms. The zero-order valence-corrected chi connectivity index (χ0v) is 19.3. The van der Waals surface area contributed by atoms with Crippen molar-refractivity contribution in [1.29, 1.82) is 0 Å². The van der Waals surface area contributed by atoms with Crippen molar-refractivity contribution in [2.24, 2.45) is 16.7 Å². The minimum Gasteiger partial charge on any atom is -0.444 e. The van der Waals surface area contributed by atoms with Gasteiger partial charge in [0.15, 0.2) is 11.6 Å². The Bertz CT molecular complexity index is 920. The molecule has 5 aliphatic rings. The van der Waals surface area contributed by atoms with Crippen LogP contribution >= 0.6 is 11.6 Å². The van der Waals surface area contributed by atoms with Crippen molar-refractivity contribution >= 4 is 23.5 Å². The molecule has 1 saturated carbocycles. The van der Waals surface area contributed by atoms with Crippen LogP contribution < -0.4 is 4.90 Å². The molecular formula is C23H31ClFN3O2. The van der Waals surface area contributed by atoms with Crippen molar-refractivity contribution < 1.29 is 13.9 Å². The minimum atomic E-state index is -0.497. The highest BCUT2D eigenvalue weighted by Gasteiger charge is 2.55. The fourth-order valence-corrected chi connectivity index (χ4v) is 6.19. The summed E-state index contributed by atoms with van der Waals surface area (Å²) in [5, 5.41) is 0.269. The molecular weight excluding hydrogens is 405 g/mol. The highest BCUT2D eigenvalue weighted by molar-refractivity contribution is 6.31. The summed E-state index contributed by atoms with van der Waals surface area (Å²) in [5.74, 6) is 0.955. The quantitative estimate of drug-likeness (QED) is 0.622. The van der Waals surface area contributed by atoms with Crippen LogP contribution in [0.2, 0.25) is 5.02 Å². The second-order valence-corrected chi connectivity index (χ2v) is 11.8. The highest BCUT2D eigenvalue weighted by Crippen LogP contribution is 2.63. The lowest BCUT2D eigenvalue weighted by molar-refractivity contribution is -0.0266. The van der Waals surface area contributed by atoms with Crippen LogP contribution in [0.3, 0.4) is 0 Å². The lowest BCUT2D eigenvalue weighted by Crippen LogP contribution is -2.60. The average molecular weight is 436 g/mol. The molecule has 1 aromatic rings. The number of halogens is 2. The fourth-order valence-electron chi connectivity index (χ4n) is 5.93. The summed E-state index contributed by atoms with van der Waals surface area (Å²) in [5.41, 5.74) is 1.64. The number of pyridine rings is 1. The number of likely N-dealkylation sites (tertiary alicyclic amines) is 1. The SMILES string of the molecule is CC(C)(C)OC(=O)N1CC2(CCN(c3nc4c(c(Cl)c3F)C[C@H]3C[C@@H]4C3(C)C)C2)C1. The van der Waals surface area contributed by atoms with Gasteiger partial charge < -0.3 is 14.5 Å². The van der Waals surface area contributed by atoms with Gasteiger partial charge in [-0.05, 0) is 56.9 Å². The number of aromatic nitrogens is 1. The molecule has 2 saturated heterocycles. The average Bonchev–Trinajstić information content (AvgIpc) is 3.06.